The molecule has 1 aliphatic rings. The van der Waals surface area contributed by atoms with Crippen molar-refractivity contribution in [1.29, 1.82) is 0 Å². The van der Waals surface area contributed by atoms with Crippen LogP contribution in [0.5, 0.6) is 0 Å². The summed E-state index contributed by atoms with van der Waals surface area (Å²) >= 11 is 0. The lowest BCUT2D eigenvalue weighted by Gasteiger charge is -2.24. The number of nitrogens with one attached hydrogen (secondary N) is 2. The number of oxazole rings is 1. The first-order chi connectivity index (χ1) is 16.9. The van der Waals surface area contributed by atoms with Gasteiger partial charge in [0.15, 0.2) is 11.3 Å². The number of rotatable bonds is 6. The van der Waals surface area contributed by atoms with Crippen molar-refractivity contribution in [2.24, 2.45) is 0 Å². The summed E-state index contributed by atoms with van der Waals surface area (Å²) in [4.78, 5) is 33.8. The molecule has 0 saturated carbocycles. The standard InChI is InChI=1S/C25H26N6O4/c1-4-31-23-17(12-27-31)22(28-16-8-9-34-20(32)10-16)18(11-26-23)25-29-19(13-35-25)24(33)30-21-14(2)6-5-7-15(21)3/h5-7,11-13,16H,4,8-10H2,1-3H3,(H,26,28)(H,30,33). The van der Waals surface area contributed by atoms with Gasteiger partial charge < -0.3 is 19.8 Å². The van der Waals surface area contributed by atoms with Crippen molar-refractivity contribution in [3.63, 3.8) is 0 Å². The number of cyclic esters (lactones) is 1. The van der Waals surface area contributed by atoms with Crippen LogP contribution < -0.4 is 10.6 Å². The van der Waals surface area contributed by atoms with Crippen LogP contribution in [0.15, 0.2) is 41.3 Å². The molecule has 1 amide bonds. The summed E-state index contributed by atoms with van der Waals surface area (Å²) < 4.78 is 12.6. The Bertz CT molecular complexity index is 1400. The fraction of sp³-hybridized carbons (Fsp3) is 0.320. The fourth-order valence-corrected chi connectivity index (χ4v) is 4.27. The average molecular weight is 475 g/mol. The molecule has 3 aromatic heterocycles. The Morgan fingerprint density at radius 2 is 2.00 bits per heavy atom. The number of aromatic nitrogens is 4. The van der Waals surface area contributed by atoms with Crippen molar-refractivity contribution in [3.05, 3.63) is 53.7 Å². The summed E-state index contributed by atoms with van der Waals surface area (Å²) in [5.74, 6) is -0.364. The zero-order chi connectivity index (χ0) is 24.5. The van der Waals surface area contributed by atoms with Gasteiger partial charge in [0.05, 0.1) is 35.9 Å². The van der Waals surface area contributed by atoms with Gasteiger partial charge in [-0.15, -0.1) is 0 Å². The number of fused-ring (bicyclic) bond motifs is 1. The lowest BCUT2D eigenvalue weighted by atomic mass is 10.1. The molecule has 10 heteroatoms. The minimum absolute atomic E-state index is 0.118. The largest absolute Gasteiger partial charge is 0.466 e. The van der Waals surface area contributed by atoms with E-state index in [4.69, 9.17) is 9.15 Å². The van der Waals surface area contributed by atoms with E-state index in [0.717, 1.165) is 22.2 Å². The van der Waals surface area contributed by atoms with Gasteiger partial charge in [0.25, 0.3) is 5.91 Å². The molecule has 1 atom stereocenters. The van der Waals surface area contributed by atoms with Crippen LogP contribution in [0, 0.1) is 13.8 Å². The van der Waals surface area contributed by atoms with Crippen molar-refractivity contribution >= 4 is 34.3 Å². The number of anilines is 2. The quantitative estimate of drug-likeness (QED) is 0.401. The molecule has 1 unspecified atom stereocenters. The molecule has 0 aliphatic carbocycles. The van der Waals surface area contributed by atoms with Gasteiger partial charge in [-0.3, -0.25) is 9.59 Å². The number of nitrogens with zero attached hydrogens (tertiary/aromatic N) is 4. The molecule has 1 aliphatic heterocycles. The molecule has 2 N–H and O–H groups in total. The van der Waals surface area contributed by atoms with E-state index in [-0.39, 0.29) is 35.9 Å². The number of para-hydroxylation sites is 1. The Hall–Kier alpha value is -4.21. The number of hydrogen-bond donors (Lipinski definition) is 2. The predicted octanol–water partition coefficient (Wildman–Crippen LogP) is 4.09. The SMILES string of the molecule is CCn1ncc2c(NC3CCOC(=O)C3)c(-c3nc(C(=O)Nc4c(C)cccc4C)co3)cnc21. The molecule has 4 aromatic rings. The molecule has 180 valence electrons. The summed E-state index contributed by atoms with van der Waals surface area (Å²) in [5.41, 5.74) is 4.82. The van der Waals surface area contributed by atoms with E-state index in [0.29, 0.717) is 36.5 Å². The van der Waals surface area contributed by atoms with Crippen LogP contribution in [0.2, 0.25) is 0 Å². The Labute approximate surface area is 201 Å². The number of carbonyl (C=O) groups is 2. The van der Waals surface area contributed by atoms with E-state index < -0.39 is 0 Å². The predicted molar refractivity (Wildman–Crippen MR) is 130 cm³/mol. The second kappa shape index (κ2) is 9.21. The van der Waals surface area contributed by atoms with Crippen LogP contribution in [0.4, 0.5) is 11.4 Å². The van der Waals surface area contributed by atoms with Crippen LogP contribution in [-0.2, 0) is 16.1 Å². The van der Waals surface area contributed by atoms with Gasteiger partial charge in [-0.2, -0.15) is 5.10 Å². The van der Waals surface area contributed by atoms with Crippen LogP contribution in [0.25, 0.3) is 22.5 Å². The topological polar surface area (TPSA) is 124 Å². The Balaban J connectivity index is 1.50. The normalized spacial score (nSPS) is 15.7. The van der Waals surface area contributed by atoms with E-state index in [2.05, 4.69) is 25.7 Å². The zero-order valence-corrected chi connectivity index (χ0v) is 19.8. The van der Waals surface area contributed by atoms with Gasteiger partial charge in [0.1, 0.15) is 6.26 Å². The van der Waals surface area contributed by atoms with Crippen LogP contribution >= 0.6 is 0 Å². The minimum atomic E-state index is -0.366. The highest BCUT2D eigenvalue weighted by atomic mass is 16.5. The van der Waals surface area contributed by atoms with Crippen LogP contribution in [-0.4, -0.2) is 44.3 Å². The van der Waals surface area contributed by atoms with Crippen molar-refractivity contribution in [3.8, 4) is 11.5 Å². The first kappa shape index (κ1) is 22.6. The third kappa shape index (κ3) is 4.34. The highest BCUT2D eigenvalue weighted by Gasteiger charge is 2.25. The number of hydrogen-bond acceptors (Lipinski definition) is 8. The van der Waals surface area contributed by atoms with Crippen LogP contribution in [0.3, 0.4) is 0 Å². The fourth-order valence-electron chi connectivity index (χ4n) is 4.27. The maximum atomic E-state index is 12.9. The van der Waals surface area contributed by atoms with Crippen molar-refractivity contribution in [2.45, 2.75) is 46.2 Å². The summed E-state index contributed by atoms with van der Waals surface area (Å²) in [5, 5.41) is 11.6. The van der Waals surface area contributed by atoms with Crippen molar-refractivity contribution in [2.75, 3.05) is 17.2 Å². The molecular formula is C25H26N6O4. The summed E-state index contributed by atoms with van der Waals surface area (Å²) in [6.07, 6.45) is 5.64. The summed E-state index contributed by atoms with van der Waals surface area (Å²) in [6.45, 7) is 6.88. The first-order valence-corrected chi connectivity index (χ1v) is 11.5. The van der Waals surface area contributed by atoms with E-state index in [9.17, 15) is 9.59 Å². The highest BCUT2D eigenvalue weighted by molar-refractivity contribution is 6.04. The smallest absolute Gasteiger partial charge is 0.307 e. The van der Waals surface area contributed by atoms with Gasteiger partial charge >= 0.3 is 5.97 Å². The molecule has 0 spiro atoms. The van der Waals surface area contributed by atoms with Gasteiger partial charge in [0, 0.05) is 30.9 Å². The molecular weight excluding hydrogens is 448 g/mol. The van der Waals surface area contributed by atoms with Crippen LogP contribution in [0.1, 0.15) is 41.4 Å². The van der Waals surface area contributed by atoms with E-state index >= 15 is 0 Å². The van der Waals surface area contributed by atoms with Gasteiger partial charge in [-0.1, -0.05) is 18.2 Å². The number of pyridine rings is 1. The molecule has 1 aromatic carbocycles. The molecule has 0 radical (unpaired) electrons. The number of benzene rings is 1. The monoisotopic (exact) mass is 474 g/mol. The first-order valence-electron chi connectivity index (χ1n) is 11.5. The average Bonchev–Trinajstić information content (AvgIpc) is 3.49. The number of esters is 1. The Morgan fingerprint density at radius 3 is 2.74 bits per heavy atom. The van der Waals surface area contributed by atoms with Gasteiger partial charge in [-0.05, 0) is 31.9 Å². The Morgan fingerprint density at radius 1 is 1.20 bits per heavy atom. The van der Waals surface area contributed by atoms with E-state index in [1.165, 1.54) is 6.26 Å². The van der Waals surface area contributed by atoms with Crippen molar-refractivity contribution in [1.82, 2.24) is 19.7 Å². The second-order valence-corrected chi connectivity index (χ2v) is 8.56. The third-order valence-corrected chi connectivity index (χ3v) is 6.14. The second-order valence-electron chi connectivity index (χ2n) is 8.56. The lowest BCUT2D eigenvalue weighted by Crippen LogP contribution is -2.31. The highest BCUT2D eigenvalue weighted by Crippen LogP contribution is 2.35. The molecule has 0 bridgehead atoms. The molecule has 35 heavy (non-hydrogen) atoms. The minimum Gasteiger partial charge on any atom is -0.466 e. The molecule has 4 heterocycles. The van der Waals surface area contributed by atoms with Crippen molar-refractivity contribution < 1.29 is 18.7 Å². The molecule has 1 saturated heterocycles. The van der Waals surface area contributed by atoms with E-state index in [1.54, 1.807) is 17.1 Å². The van der Waals surface area contributed by atoms with E-state index in [1.807, 2.05) is 39.0 Å². The molecule has 1 fully saturated rings. The number of carbonyl (C=O) groups excluding carboxylic acids is 2. The third-order valence-electron chi connectivity index (χ3n) is 6.14. The van der Waals surface area contributed by atoms with Gasteiger partial charge in [0.2, 0.25) is 5.89 Å². The Kier molecular flexibility index (Phi) is 5.94. The molecule has 5 rings (SSSR count). The number of aryl methyl sites for hydroxylation is 3. The summed E-state index contributed by atoms with van der Waals surface area (Å²) in [7, 11) is 0. The zero-order valence-electron chi connectivity index (χ0n) is 19.8. The maximum Gasteiger partial charge on any atom is 0.307 e. The summed E-state index contributed by atoms with van der Waals surface area (Å²) in [6, 6.07) is 5.70. The van der Waals surface area contributed by atoms with Gasteiger partial charge in [-0.25, -0.2) is 14.6 Å². The number of ether oxygens (including phenoxy) is 1. The lowest BCUT2D eigenvalue weighted by molar-refractivity contribution is -0.147. The molecule has 10 nitrogen and oxygen atoms in total. The maximum absolute atomic E-state index is 12.9. The number of amides is 1.